The van der Waals surface area contributed by atoms with Gasteiger partial charge in [0.05, 0.1) is 5.56 Å². The summed E-state index contributed by atoms with van der Waals surface area (Å²) in [5, 5.41) is 0. The van der Waals surface area contributed by atoms with Crippen molar-refractivity contribution in [2.24, 2.45) is 0 Å². The van der Waals surface area contributed by atoms with Crippen LogP contribution < -0.4 is 0 Å². The van der Waals surface area contributed by atoms with Crippen molar-refractivity contribution in [2.45, 2.75) is 13.1 Å². The fourth-order valence-electron chi connectivity index (χ4n) is 1.11. The molecule has 0 aromatic heterocycles. The number of alkyl halides is 3. The van der Waals surface area contributed by atoms with Gasteiger partial charge in [0.25, 0.3) is 5.78 Å². The van der Waals surface area contributed by atoms with Crippen LogP contribution in [0.2, 0.25) is 0 Å². The largest absolute Gasteiger partial charge is 0.417 e. The Balaban J connectivity index is 3.14. The molecule has 86 valence electrons. The molecule has 0 aliphatic heterocycles. The van der Waals surface area contributed by atoms with Crippen molar-refractivity contribution in [1.82, 2.24) is 0 Å². The number of hydrogen-bond donors (Lipinski definition) is 0. The molecule has 1 aromatic carbocycles. The molecule has 0 radical (unpaired) electrons. The third kappa shape index (κ3) is 3.70. The van der Waals surface area contributed by atoms with E-state index in [0.29, 0.717) is 0 Å². The lowest BCUT2D eigenvalue weighted by atomic mass is 10.1. The van der Waals surface area contributed by atoms with E-state index in [1.165, 1.54) is 25.1 Å². The van der Waals surface area contributed by atoms with Crippen molar-refractivity contribution in [2.75, 3.05) is 0 Å². The Morgan fingerprint density at radius 1 is 1.18 bits per heavy atom. The van der Waals surface area contributed by atoms with Crippen LogP contribution in [0.3, 0.4) is 0 Å². The highest BCUT2D eigenvalue weighted by Gasteiger charge is 2.32. The van der Waals surface area contributed by atoms with Gasteiger partial charge in [-0.25, -0.2) is 0 Å². The SMILES string of the molecule is CC#CC(=O)C#Cc1ccccc1C(F)(F)F. The van der Waals surface area contributed by atoms with Gasteiger partial charge in [0.15, 0.2) is 0 Å². The van der Waals surface area contributed by atoms with E-state index in [-0.39, 0.29) is 5.56 Å². The fraction of sp³-hybridized carbons (Fsp3) is 0.154. The maximum absolute atomic E-state index is 12.5. The van der Waals surface area contributed by atoms with Gasteiger partial charge in [-0.05, 0) is 30.9 Å². The van der Waals surface area contributed by atoms with Crippen LogP contribution in [0.4, 0.5) is 13.2 Å². The van der Waals surface area contributed by atoms with E-state index in [1.807, 2.05) is 5.92 Å². The van der Waals surface area contributed by atoms with Crippen molar-refractivity contribution in [3.8, 4) is 23.7 Å². The Hall–Kier alpha value is -2.20. The summed E-state index contributed by atoms with van der Waals surface area (Å²) >= 11 is 0. The molecule has 0 spiro atoms. The highest BCUT2D eigenvalue weighted by Crippen LogP contribution is 2.31. The van der Waals surface area contributed by atoms with Crippen LogP contribution in [0, 0.1) is 23.7 Å². The standard InChI is InChI=1S/C13H7F3O/c1-2-5-11(17)9-8-10-6-3-4-7-12(10)13(14,15)16/h3-4,6-7H,1H3. The molecule has 1 nitrogen and oxygen atoms in total. The van der Waals surface area contributed by atoms with Crippen molar-refractivity contribution in [3.05, 3.63) is 35.4 Å². The molecule has 4 heteroatoms. The summed E-state index contributed by atoms with van der Waals surface area (Å²) < 4.78 is 37.6. The van der Waals surface area contributed by atoms with Crippen LogP contribution in [-0.2, 0) is 11.0 Å². The smallest absolute Gasteiger partial charge is 0.270 e. The van der Waals surface area contributed by atoms with Gasteiger partial charge >= 0.3 is 6.18 Å². The van der Waals surface area contributed by atoms with Crippen molar-refractivity contribution in [1.29, 1.82) is 0 Å². The summed E-state index contributed by atoms with van der Waals surface area (Å²) in [6.45, 7) is 1.45. The molecule has 17 heavy (non-hydrogen) atoms. The van der Waals surface area contributed by atoms with Crippen molar-refractivity contribution >= 4 is 5.78 Å². The lowest BCUT2D eigenvalue weighted by molar-refractivity contribution is -0.137. The number of rotatable bonds is 0. The molecular formula is C13H7F3O. The minimum absolute atomic E-state index is 0.230. The van der Waals surface area contributed by atoms with Gasteiger partial charge in [-0.15, -0.1) is 0 Å². The molecule has 1 rings (SSSR count). The topological polar surface area (TPSA) is 17.1 Å². The van der Waals surface area contributed by atoms with Crippen LogP contribution in [0.25, 0.3) is 0 Å². The summed E-state index contributed by atoms with van der Waals surface area (Å²) in [6.07, 6.45) is -4.48. The fourth-order valence-corrected chi connectivity index (χ4v) is 1.11. The quantitative estimate of drug-likeness (QED) is 0.500. The van der Waals surface area contributed by atoms with Gasteiger partial charge in [0, 0.05) is 5.56 Å². The molecule has 0 saturated heterocycles. The van der Waals surface area contributed by atoms with E-state index < -0.39 is 17.5 Å². The molecule has 0 unspecified atom stereocenters. The third-order valence-electron chi connectivity index (χ3n) is 1.78. The Labute approximate surface area is 96.6 Å². The molecule has 0 heterocycles. The van der Waals surface area contributed by atoms with E-state index in [0.717, 1.165) is 6.07 Å². The number of halogens is 3. The minimum atomic E-state index is -4.48. The molecule has 0 bridgehead atoms. The van der Waals surface area contributed by atoms with E-state index >= 15 is 0 Å². The van der Waals surface area contributed by atoms with E-state index in [9.17, 15) is 18.0 Å². The molecule has 0 saturated carbocycles. The Morgan fingerprint density at radius 2 is 1.82 bits per heavy atom. The molecule has 0 aliphatic carbocycles. The van der Waals surface area contributed by atoms with Gasteiger partial charge in [-0.2, -0.15) is 13.2 Å². The summed E-state index contributed by atoms with van der Waals surface area (Å²) in [7, 11) is 0. The number of carbonyl (C=O) groups excluding carboxylic acids is 1. The Morgan fingerprint density at radius 3 is 2.41 bits per heavy atom. The van der Waals surface area contributed by atoms with Gasteiger partial charge in [0.2, 0.25) is 0 Å². The molecular weight excluding hydrogens is 229 g/mol. The average Bonchev–Trinajstić information content (AvgIpc) is 2.26. The first-order valence-electron chi connectivity index (χ1n) is 4.60. The second-order valence-electron chi connectivity index (χ2n) is 3.00. The molecule has 0 N–H and O–H groups in total. The second-order valence-corrected chi connectivity index (χ2v) is 3.00. The summed E-state index contributed by atoms with van der Waals surface area (Å²) in [4.78, 5) is 10.9. The van der Waals surface area contributed by atoms with E-state index in [4.69, 9.17) is 0 Å². The highest BCUT2D eigenvalue weighted by molar-refractivity contribution is 6.09. The Kier molecular flexibility index (Phi) is 3.96. The minimum Gasteiger partial charge on any atom is -0.270 e. The highest BCUT2D eigenvalue weighted by atomic mass is 19.4. The lowest BCUT2D eigenvalue weighted by Crippen LogP contribution is -2.07. The maximum atomic E-state index is 12.5. The maximum Gasteiger partial charge on any atom is 0.417 e. The summed E-state index contributed by atoms with van der Waals surface area (Å²) in [6, 6.07) is 4.82. The average molecular weight is 236 g/mol. The number of carbonyl (C=O) groups is 1. The van der Waals surface area contributed by atoms with Gasteiger partial charge in [-0.3, -0.25) is 4.79 Å². The molecule has 0 fully saturated rings. The number of hydrogen-bond acceptors (Lipinski definition) is 1. The normalized spacial score (nSPS) is 9.65. The zero-order valence-electron chi connectivity index (χ0n) is 8.85. The number of Topliss-reactive ketones (excluding diaryl/α,β-unsaturated/α-hetero) is 1. The molecule has 1 aromatic rings. The monoisotopic (exact) mass is 236 g/mol. The van der Waals surface area contributed by atoms with Crippen LogP contribution in [0.15, 0.2) is 24.3 Å². The van der Waals surface area contributed by atoms with Gasteiger partial charge < -0.3 is 0 Å². The number of ketones is 1. The molecule has 0 atom stereocenters. The zero-order valence-corrected chi connectivity index (χ0v) is 8.85. The molecule has 0 aliphatic rings. The third-order valence-corrected chi connectivity index (χ3v) is 1.78. The first-order valence-corrected chi connectivity index (χ1v) is 4.60. The van der Waals surface area contributed by atoms with Crippen LogP contribution in [0.5, 0.6) is 0 Å². The van der Waals surface area contributed by atoms with Gasteiger partial charge in [0.1, 0.15) is 0 Å². The van der Waals surface area contributed by atoms with E-state index in [1.54, 1.807) is 0 Å². The summed E-state index contributed by atoms with van der Waals surface area (Å²) in [5.41, 5.74) is -1.09. The van der Waals surface area contributed by atoms with Crippen LogP contribution in [0.1, 0.15) is 18.1 Å². The zero-order chi connectivity index (χ0) is 12.9. The van der Waals surface area contributed by atoms with Crippen molar-refractivity contribution in [3.63, 3.8) is 0 Å². The first kappa shape index (κ1) is 12.9. The lowest BCUT2D eigenvalue weighted by Gasteiger charge is -2.07. The van der Waals surface area contributed by atoms with Crippen LogP contribution >= 0.6 is 0 Å². The Bertz CT molecular complexity index is 548. The van der Waals surface area contributed by atoms with E-state index in [2.05, 4.69) is 17.8 Å². The van der Waals surface area contributed by atoms with Crippen LogP contribution in [-0.4, -0.2) is 5.78 Å². The predicted molar refractivity (Wildman–Crippen MR) is 56.8 cm³/mol. The van der Waals surface area contributed by atoms with Crippen molar-refractivity contribution < 1.29 is 18.0 Å². The summed E-state index contributed by atoms with van der Waals surface area (Å²) in [5.74, 6) is 7.98. The number of benzene rings is 1. The predicted octanol–water partition coefficient (Wildman–Crippen LogP) is 2.65. The van der Waals surface area contributed by atoms with Gasteiger partial charge in [-0.1, -0.05) is 24.0 Å². The second kappa shape index (κ2) is 5.23. The first-order chi connectivity index (χ1) is 7.95. The molecule has 0 amide bonds.